The Morgan fingerprint density at radius 1 is 0.971 bits per heavy atom. The molecule has 0 saturated carbocycles. The SMILES string of the molecule is CN(C)CC(NS(=O)(=O)c1ccc(Oc2ccccc2C(F)(F)F)cc1)c1ccc(Cl)c(Cl)c1. The molecule has 0 heterocycles. The van der Waals surface area contributed by atoms with Crippen molar-refractivity contribution in [1.29, 1.82) is 0 Å². The van der Waals surface area contributed by atoms with Gasteiger partial charge < -0.3 is 9.64 Å². The molecule has 0 saturated heterocycles. The lowest BCUT2D eigenvalue weighted by Crippen LogP contribution is -2.35. The molecule has 1 unspecified atom stereocenters. The van der Waals surface area contributed by atoms with Crippen molar-refractivity contribution in [3.63, 3.8) is 0 Å². The second-order valence-electron chi connectivity index (χ2n) is 7.68. The molecule has 1 N–H and O–H groups in total. The predicted molar refractivity (Wildman–Crippen MR) is 126 cm³/mol. The minimum atomic E-state index is -4.59. The second-order valence-corrected chi connectivity index (χ2v) is 10.2. The van der Waals surface area contributed by atoms with Crippen LogP contribution in [-0.2, 0) is 16.2 Å². The van der Waals surface area contributed by atoms with E-state index in [0.717, 1.165) is 6.07 Å². The summed E-state index contributed by atoms with van der Waals surface area (Å²) >= 11 is 12.1. The van der Waals surface area contributed by atoms with Gasteiger partial charge in [0.05, 0.1) is 26.5 Å². The van der Waals surface area contributed by atoms with Crippen LogP contribution < -0.4 is 9.46 Å². The van der Waals surface area contributed by atoms with Gasteiger partial charge in [0.15, 0.2) is 0 Å². The summed E-state index contributed by atoms with van der Waals surface area (Å²) in [5.41, 5.74) is -0.308. The number of nitrogens with one attached hydrogen (secondary N) is 1. The highest BCUT2D eigenvalue weighted by Gasteiger charge is 2.34. The number of nitrogens with zero attached hydrogens (tertiary/aromatic N) is 1. The van der Waals surface area contributed by atoms with E-state index in [9.17, 15) is 21.6 Å². The number of para-hydroxylation sites is 1. The Bertz CT molecular complexity index is 1250. The Labute approximate surface area is 206 Å². The van der Waals surface area contributed by atoms with E-state index in [4.69, 9.17) is 27.9 Å². The first kappa shape index (κ1) is 26.3. The number of alkyl halides is 3. The zero-order valence-corrected chi connectivity index (χ0v) is 20.4. The molecule has 1 atom stereocenters. The molecule has 3 rings (SSSR count). The number of likely N-dealkylation sites (N-methyl/N-ethyl adjacent to an activating group) is 1. The maximum absolute atomic E-state index is 13.2. The van der Waals surface area contributed by atoms with Crippen LogP contribution in [-0.4, -0.2) is 34.0 Å². The monoisotopic (exact) mass is 532 g/mol. The summed E-state index contributed by atoms with van der Waals surface area (Å²) in [4.78, 5) is 1.73. The van der Waals surface area contributed by atoms with Gasteiger partial charge in [0, 0.05) is 6.54 Å². The Balaban J connectivity index is 1.83. The van der Waals surface area contributed by atoms with Gasteiger partial charge in [0.25, 0.3) is 0 Å². The van der Waals surface area contributed by atoms with Crippen molar-refractivity contribution < 1.29 is 26.3 Å². The van der Waals surface area contributed by atoms with Gasteiger partial charge >= 0.3 is 6.18 Å². The van der Waals surface area contributed by atoms with E-state index >= 15 is 0 Å². The first-order valence-corrected chi connectivity index (χ1v) is 12.2. The van der Waals surface area contributed by atoms with E-state index in [1.165, 1.54) is 42.5 Å². The molecule has 0 fully saturated rings. The molecule has 3 aromatic carbocycles. The van der Waals surface area contributed by atoms with Crippen molar-refractivity contribution in [3.05, 3.63) is 87.9 Å². The molecule has 3 aromatic rings. The van der Waals surface area contributed by atoms with Crippen LogP contribution in [0.2, 0.25) is 10.0 Å². The lowest BCUT2D eigenvalue weighted by molar-refractivity contribution is -0.138. The first-order valence-electron chi connectivity index (χ1n) is 9.93. The third kappa shape index (κ3) is 6.64. The molecule has 34 heavy (non-hydrogen) atoms. The number of ether oxygens (including phenoxy) is 1. The van der Waals surface area contributed by atoms with Gasteiger partial charge in [-0.2, -0.15) is 13.2 Å². The fourth-order valence-corrected chi connectivity index (χ4v) is 4.69. The minimum Gasteiger partial charge on any atom is -0.457 e. The minimum absolute atomic E-state index is 0.0602. The topological polar surface area (TPSA) is 58.6 Å². The standard InChI is InChI=1S/C23H21Cl2F3N2O3S/c1-30(2)14-21(15-7-12-19(24)20(25)13-15)29-34(31,32)17-10-8-16(9-11-17)33-22-6-4-3-5-18(22)23(26,27)28/h3-13,21,29H,14H2,1-2H3. The van der Waals surface area contributed by atoms with Gasteiger partial charge in [0.1, 0.15) is 11.5 Å². The van der Waals surface area contributed by atoms with Crippen LogP contribution in [0.4, 0.5) is 13.2 Å². The second kappa shape index (κ2) is 10.5. The first-order chi connectivity index (χ1) is 15.9. The van der Waals surface area contributed by atoms with Crippen LogP contribution >= 0.6 is 23.2 Å². The van der Waals surface area contributed by atoms with Gasteiger partial charge in [-0.25, -0.2) is 13.1 Å². The predicted octanol–water partition coefficient (Wildman–Crippen LogP) is 6.39. The van der Waals surface area contributed by atoms with Crippen LogP contribution in [0.3, 0.4) is 0 Å². The van der Waals surface area contributed by atoms with Gasteiger partial charge in [-0.05, 0) is 68.2 Å². The normalized spacial score (nSPS) is 13.2. The maximum Gasteiger partial charge on any atom is 0.419 e. The summed E-state index contributed by atoms with van der Waals surface area (Å²) in [6.45, 7) is 0.340. The molecular formula is C23H21Cl2F3N2O3S. The molecule has 5 nitrogen and oxygen atoms in total. The molecule has 0 aromatic heterocycles. The van der Waals surface area contributed by atoms with E-state index < -0.39 is 27.8 Å². The molecule has 0 spiro atoms. The molecule has 0 aliphatic carbocycles. The average Bonchev–Trinajstić information content (AvgIpc) is 2.75. The largest absolute Gasteiger partial charge is 0.457 e. The number of hydrogen-bond donors (Lipinski definition) is 1. The van der Waals surface area contributed by atoms with E-state index in [2.05, 4.69) is 4.72 Å². The summed E-state index contributed by atoms with van der Waals surface area (Å²) in [6, 6.07) is 14.1. The Morgan fingerprint density at radius 2 is 1.62 bits per heavy atom. The number of halogens is 5. The Kier molecular flexibility index (Phi) is 8.15. The van der Waals surface area contributed by atoms with Gasteiger partial charge in [0.2, 0.25) is 10.0 Å². The van der Waals surface area contributed by atoms with Crippen LogP contribution in [0.15, 0.2) is 71.6 Å². The van der Waals surface area contributed by atoms with Crippen molar-refractivity contribution >= 4 is 33.2 Å². The number of sulfonamides is 1. The summed E-state index contributed by atoms with van der Waals surface area (Å²) in [5, 5.41) is 0.641. The summed E-state index contributed by atoms with van der Waals surface area (Å²) in [5.74, 6) is -0.320. The number of benzene rings is 3. The molecule has 0 amide bonds. The third-order valence-electron chi connectivity index (χ3n) is 4.75. The number of hydrogen-bond acceptors (Lipinski definition) is 4. The van der Waals surface area contributed by atoms with E-state index in [1.54, 1.807) is 32.3 Å². The van der Waals surface area contributed by atoms with E-state index in [0.29, 0.717) is 22.2 Å². The van der Waals surface area contributed by atoms with Crippen LogP contribution in [0, 0.1) is 0 Å². The fourth-order valence-electron chi connectivity index (χ4n) is 3.16. The van der Waals surface area contributed by atoms with Crippen LogP contribution in [0.5, 0.6) is 11.5 Å². The van der Waals surface area contributed by atoms with Crippen molar-refractivity contribution in [3.8, 4) is 11.5 Å². The highest BCUT2D eigenvalue weighted by Crippen LogP contribution is 2.38. The van der Waals surface area contributed by atoms with Gasteiger partial charge in [-0.15, -0.1) is 0 Å². The van der Waals surface area contributed by atoms with E-state index in [1.807, 2.05) is 4.90 Å². The molecule has 0 radical (unpaired) electrons. The summed E-state index contributed by atoms with van der Waals surface area (Å²) < 4.78 is 73.6. The lowest BCUT2D eigenvalue weighted by atomic mass is 10.1. The quantitative estimate of drug-likeness (QED) is 0.365. The third-order valence-corrected chi connectivity index (χ3v) is 6.97. The van der Waals surface area contributed by atoms with Crippen LogP contribution in [0.1, 0.15) is 17.2 Å². The van der Waals surface area contributed by atoms with Crippen molar-refractivity contribution in [2.24, 2.45) is 0 Å². The molecule has 0 aliphatic heterocycles. The smallest absolute Gasteiger partial charge is 0.419 e. The molecule has 182 valence electrons. The van der Waals surface area contributed by atoms with Crippen LogP contribution in [0.25, 0.3) is 0 Å². The Hall–Kier alpha value is -2.30. The van der Waals surface area contributed by atoms with Crippen molar-refractivity contribution in [2.75, 3.05) is 20.6 Å². The summed E-state index contributed by atoms with van der Waals surface area (Å²) in [6.07, 6.45) is -4.59. The highest BCUT2D eigenvalue weighted by atomic mass is 35.5. The maximum atomic E-state index is 13.2. The van der Waals surface area contributed by atoms with E-state index in [-0.39, 0.29) is 16.4 Å². The highest BCUT2D eigenvalue weighted by molar-refractivity contribution is 7.89. The Morgan fingerprint density at radius 3 is 2.21 bits per heavy atom. The molecule has 0 aliphatic rings. The zero-order valence-electron chi connectivity index (χ0n) is 18.1. The van der Waals surface area contributed by atoms with Gasteiger partial charge in [-0.3, -0.25) is 0 Å². The molecule has 11 heteroatoms. The summed E-state index contributed by atoms with van der Waals surface area (Å²) in [7, 11) is -0.395. The lowest BCUT2D eigenvalue weighted by Gasteiger charge is -2.23. The zero-order chi connectivity index (χ0) is 25.1. The fraction of sp³-hybridized carbons (Fsp3) is 0.217. The van der Waals surface area contributed by atoms with Crippen molar-refractivity contribution in [2.45, 2.75) is 17.1 Å². The average molecular weight is 533 g/mol. The van der Waals surface area contributed by atoms with Gasteiger partial charge in [-0.1, -0.05) is 41.4 Å². The molecular weight excluding hydrogens is 512 g/mol. The van der Waals surface area contributed by atoms with Crippen molar-refractivity contribution in [1.82, 2.24) is 9.62 Å². The number of rotatable bonds is 8. The molecule has 0 bridgehead atoms.